The van der Waals surface area contributed by atoms with Crippen LogP contribution in [0.15, 0.2) is 0 Å². The van der Waals surface area contributed by atoms with Crippen molar-refractivity contribution in [2.75, 3.05) is 37.7 Å². The van der Waals surface area contributed by atoms with Crippen LogP contribution in [0.3, 0.4) is 0 Å². The quantitative estimate of drug-likeness (QED) is 0.725. The normalized spacial score (nSPS) is 21.9. The number of nitrogens with zero attached hydrogens (tertiary/aromatic N) is 1. The molecule has 108 valence electrons. The van der Waals surface area contributed by atoms with Gasteiger partial charge in [-0.2, -0.15) is 0 Å². The predicted molar refractivity (Wildman–Crippen MR) is 76.4 cm³/mol. The van der Waals surface area contributed by atoms with Gasteiger partial charge in [-0.15, -0.1) is 0 Å². The molecule has 1 unspecified atom stereocenters. The number of nitrogens with two attached hydrogens (primary N) is 1. The molecule has 0 radical (unpaired) electrons. The molecule has 1 aliphatic heterocycles. The van der Waals surface area contributed by atoms with E-state index in [-0.39, 0.29) is 0 Å². The van der Waals surface area contributed by atoms with E-state index in [0.29, 0.717) is 11.5 Å². The highest BCUT2D eigenvalue weighted by Crippen LogP contribution is 2.17. The molecular formula is C13H28N2O2S. The topological polar surface area (TPSA) is 63.4 Å². The van der Waals surface area contributed by atoms with Crippen LogP contribution in [0.1, 0.15) is 39.0 Å². The number of sulfone groups is 1. The molecule has 0 aromatic heterocycles. The average Bonchev–Trinajstić information content (AvgIpc) is 2.32. The molecule has 5 heteroatoms. The lowest BCUT2D eigenvalue weighted by atomic mass is 9.94. The van der Waals surface area contributed by atoms with Crippen molar-refractivity contribution in [1.29, 1.82) is 0 Å². The van der Waals surface area contributed by atoms with Crippen molar-refractivity contribution >= 4 is 9.84 Å². The summed E-state index contributed by atoms with van der Waals surface area (Å²) >= 11 is 0. The largest absolute Gasteiger partial charge is 0.330 e. The molecule has 0 amide bonds. The molecule has 1 aliphatic rings. The zero-order chi connectivity index (χ0) is 13.4. The van der Waals surface area contributed by atoms with Gasteiger partial charge in [0.25, 0.3) is 0 Å². The summed E-state index contributed by atoms with van der Waals surface area (Å²) < 4.78 is 22.6. The minimum atomic E-state index is -2.73. The molecule has 0 spiro atoms. The molecule has 1 atom stereocenters. The first-order valence-electron chi connectivity index (χ1n) is 7.20. The van der Waals surface area contributed by atoms with Crippen molar-refractivity contribution in [1.82, 2.24) is 4.90 Å². The zero-order valence-electron chi connectivity index (χ0n) is 11.6. The summed E-state index contributed by atoms with van der Waals surface area (Å²) in [4.78, 5) is 2.28. The van der Waals surface area contributed by atoms with Crippen LogP contribution in [-0.2, 0) is 9.84 Å². The minimum Gasteiger partial charge on any atom is -0.330 e. The smallest absolute Gasteiger partial charge is 0.152 e. The summed E-state index contributed by atoms with van der Waals surface area (Å²) in [5, 5.41) is 0. The third-order valence-electron chi connectivity index (χ3n) is 3.80. The third-order valence-corrected chi connectivity index (χ3v) is 5.40. The van der Waals surface area contributed by atoms with E-state index >= 15 is 0 Å². The van der Waals surface area contributed by atoms with E-state index in [2.05, 4.69) is 11.8 Å². The fraction of sp³-hybridized carbons (Fsp3) is 1.00. The van der Waals surface area contributed by atoms with Crippen molar-refractivity contribution in [3.63, 3.8) is 0 Å². The van der Waals surface area contributed by atoms with Gasteiger partial charge in [0, 0.05) is 13.1 Å². The number of hydrogen-bond acceptors (Lipinski definition) is 4. The van der Waals surface area contributed by atoms with E-state index < -0.39 is 9.84 Å². The molecule has 4 nitrogen and oxygen atoms in total. The van der Waals surface area contributed by atoms with Crippen molar-refractivity contribution in [3.8, 4) is 0 Å². The fourth-order valence-corrected chi connectivity index (χ4v) is 3.93. The lowest BCUT2D eigenvalue weighted by Gasteiger charge is -2.27. The van der Waals surface area contributed by atoms with E-state index in [4.69, 9.17) is 5.73 Å². The maximum Gasteiger partial charge on any atom is 0.152 e. The molecule has 18 heavy (non-hydrogen) atoms. The Morgan fingerprint density at radius 1 is 1.17 bits per heavy atom. The molecule has 2 N–H and O–H groups in total. The minimum absolute atomic E-state index is 0.341. The average molecular weight is 276 g/mol. The summed E-state index contributed by atoms with van der Waals surface area (Å²) in [7, 11) is -2.73. The summed E-state index contributed by atoms with van der Waals surface area (Å²) in [5.41, 5.74) is 5.63. The Bertz CT molecular complexity index is 297. The van der Waals surface area contributed by atoms with Crippen LogP contribution >= 0.6 is 0 Å². The molecule has 0 aromatic rings. The first kappa shape index (κ1) is 15.9. The van der Waals surface area contributed by atoms with Crippen molar-refractivity contribution in [2.24, 2.45) is 11.7 Å². The zero-order valence-corrected chi connectivity index (χ0v) is 12.4. The second kappa shape index (κ2) is 8.12. The lowest BCUT2D eigenvalue weighted by molar-refractivity contribution is 0.274. The van der Waals surface area contributed by atoms with Gasteiger partial charge in [-0.25, -0.2) is 8.42 Å². The van der Waals surface area contributed by atoms with Crippen LogP contribution in [0.5, 0.6) is 0 Å². The van der Waals surface area contributed by atoms with Crippen LogP contribution in [-0.4, -0.2) is 51.0 Å². The number of hydrogen-bond donors (Lipinski definition) is 1. The third kappa shape index (κ3) is 6.16. The first-order chi connectivity index (χ1) is 8.57. The molecule has 0 saturated carbocycles. The standard InChI is InChI=1S/C13H28N2O2S/c1-2-4-13(6-7-14)5-3-8-15-9-11-18(16,17)12-10-15/h13H,2-12,14H2,1H3. The van der Waals surface area contributed by atoms with E-state index in [0.717, 1.165) is 38.5 Å². The van der Waals surface area contributed by atoms with E-state index in [1.165, 1.54) is 25.7 Å². The molecule has 0 bridgehead atoms. The molecule has 1 heterocycles. The fourth-order valence-electron chi connectivity index (χ4n) is 2.65. The Morgan fingerprint density at radius 2 is 1.83 bits per heavy atom. The molecule has 0 aliphatic carbocycles. The van der Waals surface area contributed by atoms with Gasteiger partial charge in [-0.1, -0.05) is 19.8 Å². The van der Waals surface area contributed by atoms with Gasteiger partial charge in [0.05, 0.1) is 11.5 Å². The molecule has 1 saturated heterocycles. The Morgan fingerprint density at radius 3 is 2.39 bits per heavy atom. The van der Waals surface area contributed by atoms with Crippen LogP contribution in [0.2, 0.25) is 0 Å². The van der Waals surface area contributed by atoms with E-state index in [1.54, 1.807) is 0 Å². The summed E-state index contributed by atoms with van der Waals surface area (Å²) in [6.07, 6.45) is 6.03. The van der Waals surface area contributed by atoms with E-state index in [9.17, 15) is 8.42 Å². The van der Waals surface area contributed by atoms with Gasteiger partial charge in [-0.3, -0.25) is 0 Å². The molecule has 1 rings (SSSR count). The van der Waals surface area contributed by atoms with Crippen molar-refractivity contribution < 1.29 is 8.42 Å². The first-order valence-corrected chi connectivity index (χ1v) is 9.02. The summed E-state index contributed by atoms with van der Waals surface area (Å²) in [6.45, 7) is 5.49. The monoisotopic (exact) mass is 276 g/mol. The van der Waals surface area contributed by atoms with Gasteiger partial charge in [-0.05, 0) is 38.3 Å². The summed E-state index contributed by atoms with van der Waals surface area (Å²) in [5.74, 6) is 1.44. The van der Waals surface area contributed by atoms with Crippen LogP contribution in [0, 0.1) is 5.92 Å². The Balaban J connectivity index is 2.17. The summed E-state index contributed by atoms with van der Waals surface area (Å²) in [6, 6.07) is 0. The lowest BCUT2D eigenvalue weighted by Crippen LogP contribution is -2.40. The van der Waals surface area contributed by atoms with Crippen molar-refractivity contribution in [3.05, 3.63) is 0 Å². The van der Waals surface area contributed by atoms with Gasteiger partial charge in [0.15, 0.2) is 9.84 Å². The SMILES string of the molecule is CCCC(CCN)CCCN1CCS(=O)(=O)CC1. The number of rotatable bonds is 8. The van der Waals surface area contributed by atoms with E-state index in [1.807, 2.05) is 0 Å². The second-order valence-corrected chi connectivity index (χ2v) is 7.67. The molecule has 1 fully saturated rings. The van der Waals surface area contributed by atoms with Gasteiger partial charge in [0.1, 0.15) is 0 Å². The Hall–Kier alpha value is -0.130. The maximum atomic E-state index is 11.3. The Kier molecular flexibility index (Phi) is 7.19. The predicted octanol–water partition coefficient (Wildman–Crippen LogP) is 1.26. The van der Waals surface area contributed by atoms with Crippen LogP contribution in [0.25, 0.3) is 0 Å². The van der Waals surface area contributed by atoms with Crippen molar-refractivity contribution in [2.45, 2.75) is 39.0 Å². The van der Waals surface area contributed by atoms with Gasteiger partial charge >= 0.3 is 0 Å². The van der Waals surface area contributed by atoms with Gasteiger partial charge in [0.2, 0.25) is 0 Å². The highest BCUT2D eigenvalue weighted by molar-refractivity contribution is 7.91. The molecule has 0 aromatic carbocycles. The van der Waals surface area contributed by atoms with Crippen LogP contribution < -0.4 is 5.73 Å². The maximum absolute atomic E-state index is 11.3. The highest BCUT2D eigenvalue weighted by atomic mass is 32.2. The highest BCUT2D eigenvalue weighted by Gasteiger charge is 2.21. The second-order valence-electron chi connectivity index (χ2n) is 5.37. The van der Waals surface area contributed by atoms with Gasteiger partial charge < -0.3 is 10.6 Å². The molecular weight excluding hydrogens is 248 g/mol. The Labute approximate surface area is 112 Å². The van der Waals surface area contributed by atoms with Crippen LogP contribution in [0.4, 0.5) is 0 Å².